The van der Waals surface area contributed by atoms with E-state index >= 15 is 0 Å². The molecule has 1 aromatic carbocycles. The molecule has 0 bridgehead atoms. The molecule has 0 aliphatic carbocycles. The Kier molecular flexibility index (Phi) is 5.12. The summed E-state index contributed by atoms with van der Waals surface area (Å²) in [5.41, 5.74) is 0.109. The average Bonchev–Trinajstić information content (AvgIpc) is 2.29. The van der Waals surface area contributed by atoms with Gasteiger partial charge in [0.15, 0.2) is 0 Å². The molecule has 98 valence electrons. The van der Waals surface area contributed by atoms with Gasteiger partial charge in [0.2, 0.25) is 0 Å². The van der Waals surface area contributed by atoms with Crippen LogP contribution in [0.4, 0.5) is 8.78 Å². The molecule has 0 unspecified atom stereocenters. The average molecular weight is 318 g/mol. The Bertz CT molecular complexity index is 455. The number of hydrogen-bond acceptors (Lipinski definition) is 2. The summed E-state index contributed by atoms with van der Waals surface area (Å²) in [5.74, 6) is 2.72. The van der Waals surface area contributed by atoms with Gasteiger partial charge in [-0.25, -0.2) is 0 Å². The molecule has 1 aromatic rings. The number of halogens is 3. The third-order valence-corrected chi connectivity index (χ3v) is 2.81. The van der Waals surface area contributed by atoms with Crippen molar-refractivity contribution < 1.29 is 13.5 Å². The lowest BCUT2D eigenvalue weighted by atomic mass is 10.1. The topological polar surface area (TPSA) is 21.3 Å². The van der Waals surface area contributed by atoms with E-state index < -0.39 is 12.2 Å². The zero-order chi connectivity index (χ0) is 13.8. The van der Waals surface area contributed by atoms with Crippen molar-refractivity contribution in [3.63, 3.8) is 0 Å². The first-order chi connectivity index (χ1) is 8.34. The normalized spacial score (nSPS) is 11.4. The number of terminal acetylenes is 1. The predicted octanol–water partition coefficient (Wildman–Crippen LogP) is 3.55. The van der Waals surface area contributed by atoms with Gasteiger partial charge in [-0.3, -0.25) is 5.32 Å². The van der Waals surface area contributed by atoms with Gasteiger partial charge in [0, 0.05) is 16.6 Å². The smallest absolute Gasteiger partial charge is 0.387 e. The fourth-order valence-electron chi connectivity index (χ4n) is 1.26. The van der Waals surface area contributed by atoms with E-state index in [0.717, 1.165) is 4.47 Å². The highest BCUT2D eigenvalue weighted by atomic mass is 79.9. The van der Waals surface area contributed by atoms with Gasteiger partial charge in [0.1, 0.15) is 5.75 Å². The zero-order valence-corrected chi connectivity index (χ0v) is 11.7. The highest BCUT2D eigenvalue weighted by Gasteiger charge is 2.15. The van der Waals surface area contributed by atoms with Crippen molar-refractivity contribution in [1.29, 1.82) is 0 Å². The van der Waals surface area contributed by atoms with Crippen LogP contribution in [-0.2, 0) is 6.54 Å². The fraction of sp³-hybridized carbons (Fsp3) is 0.385. The largest absolute Gasteiger partial charge is 0.434 e. The summed E-state index contributed by atoms with van der Waals surface area (Å²) in [6.07, 6.45) is 5.35. The molecule has 0 saturated carbocycles. The lowest BCUT2D eigenvalue weighted by Gasteiger charge is -2.20. The van der Waals surface area contributed by atoms with Crippen LogP contribution in [0.15, 0.2) is 22.7 Å². The number of rotatable bonds is 5. The molecule has 0 fully saturated rings. The Balaban J connectivity index is 2.86. The van der Waals surface area contributed by atoms with Gasteiger partial charge in [-0.05, 0) is 32.0 Å². The molecule has 1 rings (SSSR count). The molecule has 0 saturated heterocycles. The molecule has 0 spiro atoms. The predicted molar refractivity (Wildman–Crippen MR) is 70.5 cm³/mol. The highest BCUT2D eigenvalue weighted by molar-refractivity contribution is 9.10. The van der Waals surface area contributed by atoms with Crippen molar-refractivity contribution >= 4 is 15.9 Å². The molecule has 1 N–H and O–H groups in total. The maximum absolute atomic E-state index is 12.3. The van der Waals surface area contributed by atoms with Crippen molar-refractivity contribution in [3.8, 4) is 18.1 Å². The van der Waals surface area contributed by atoms with Gasteiger partial charge in [-0.2, -0.15) is 8.78 Å². The minimum absolute atomic E-state index is 0.147. The number of benzene rings is 1. The second kappa shape index (κ2) is 6.17. The van der Waals surface area contributed by atoms with E-state index in [1.54, 1.807) is 12.1 Å². The van der Waals surface area contributed by atoms with Crippen LogP contribution in [0, 0.1) is 12.3 Å². The molecule has 2 nitrogen and oxygen atoms in total. The van der Waals surface area contributed by atoms with E-state index in [9.17, 15) is 8.78 Å². The molecule has 0 atom stereocenters. The van der Waals surface area contributed by atoms with Crippen LogP contribution in [0.5, 0.6) is 5.75 Å². The van der Waals surface area contributed by atoms with E-state index in [0.29, 0.717) is 12.1 Å². The number of nitrogens with one attached hydrogen (secondary N) is 1. The minimum atomic E-state index is -2.84. The second-order valence-corrected chi connectivity index (χ2v) is 5.17. The molecule has 0 aliphatic heterocycles. The number of hydrogen-bond donors (Lipinski definition) is 1. The van der Waals surface area contributed by atoms with Gasteiger partial charge in [0.25, 0.3) is 0 Å². The van der Waals surface area contributed by atoms with Crippen molar-refractivity contribution in [1.82, 2.24) is 5.32 Å². The molecular weight excluding hydrogens is 304 g/mol. The van der Waals surface area contributed by atoms with Crippen molar-refractivity contribution in [3.05, 3.63) is 28.2 Å². The lowest BCUT2D eigenvalue weighted by Crippen LogP contribution is -2.37. The van der Waals surface area contributed by atoms with E-state index in [1.165, 1.54) is 6.07 Å². The monoisotopic (exact) mass is 317 g/mol. The first-order valence-corrected chi connectivity index (χ1v) is 6.09. The Morgan fingerprint density at radius 2 is 2.17 bits per heavy atom. The minimum Gasteiger partial charge on any atom is -0.434 e. The van der Waals surface area contributed by atoms with Crippen LogP contribution >= 0.6 is 15.9 Å². The Labute approximate surface area is 114 Å². The summed E-state index contributed by atoms with van der Waals surface area (Å²) in [6.45, 7) is 1.17. The Morgan fingerprint density at radius 3 is 2.72 bits per heavy atom. The molecule has 0 aromatic heterocycles. The first kappa shape index (κ1) is 14.9. The summed E-state index contributed by atoms with van der Waals surface area (Å²) >= 11 is 3.29. The van der Waals surface area contributed by atoms with Gasteiger partial charge in [0.05, 0.1) is 5.54 Å². The van der Waals surface area contributed by atoms with Crippen molar-refractivity contribution in [2.45, 2.75) is 32.5 Å². The highest BCUT2D eigenvalue weighted by Crippen LogP contribution is 2.25. The summed E-state index contributed by atoms with van der Waals surface area (Å²) in [5, 5.41) is 3.08. The van der Waals surface area contributed by atoms with Crippen LogP contribution in [0.3, 0.4) is 0 Å². The third-order valence-electron chi connectivity index (χ3n) is 2.32. The third kappa shape index (κ3) is 4.63. The Morgan fingerprint density at radius 1 is 1.50 bits per heavy atom. The molecule has 18 heavy (non-hydrogen) atoms. The summed E-state index contributed by atoms with van der Waals surface area (Å²) in [7, 11) is 0. The van der Waals surface area contributed by atoms with Crippen molar-refractivity contribution in [2.24, 2.45) is 0 Å². The fourth-order valence-corrected chi connectivity index (χ4v) is 1.67. The van der Waals surface area contributed by atoms with Gasteiger partial charge >= 0.3 is 6.61 Å². The van der Waals surface area contributed by atoms with Crippen LogP contribution in [0.2, 0.25) is 0 Å². The maximum Gasteiger partial charge on any atom is 0.387 e. The van der Waals surface area contributed by atoms with Crippen LogP contribution < -0.4 is 10.1 Å². The van der Waals surface area contributed by atoms with E-state index in [2.05, 4.69) is 31.9 Å². The van der Waals surface area contributed by atoms with E-state index in [4.69, 9.17) is 6.42 Å². The Hall–Kier alpha value is -1.12. The zero-order valence-electron chi connectivity index (χ0n) is 10.1. The van der Waals surface area contributed by atoms with Crippen LogP contribution in [0.1, 0.15) is 19.4 Å². The quantitative estimate of drug-likeness (QED) is 0.838. The van der Waals surface area contributed by atoms with Crippen LogP contribution in [0.25, 0.3) is 0 Å². The van der Waals surface area contributed by atoms with E-state index in [1.807, 2.05) is 13.8 Å². The standard InChI is InChI=1S/C13H14BrF2NO/c1-4-13(2,3)17-8-9-7-10(14)5-6-11(9)18-12(15)16/h1,5-7,12,17H,8H2,2-3H3. The van der Waals surface area contributed by atoms with Gasteiger partial charge in [-0.15, -0.1) is 6.42 Å². The van der Waals surface area contributed by atoms with Gasteiger partial charge in [-0.1, -0.05) is 21.9 Å². The maximum atomic E-state index is 12.3. The van der Waals surface area contributed by atoms with E-state index in [-0.39, 0.29) is 5.75 Å². The molecule has 0 aliphatic rings. The molecule has 5 heteroatoms. The molecule has 0 amide bonds. The summed E-state index contributed by atoms with van der Waals surface area (Å²) < 4.78 is 29.8. The SMILES string of the molecule is C#CC(C)(C)NCc1cc(Br)ccc1OC(F)F. The molecular formula is C13H14BrF2NO. The molecule has 0 radical (unpaired) electrons. The van der Waals surface area contributed by atoms with Crippen molar-refractivity contribution in [2.75, 3.05) is 0 Å². The summed E-state index contributed by atoms with van der Waals surface area (Å²) in [6, 6.07) is 4.86. The first-order valence-electron chi connectivity index (χ1n) is 5.30. The number of alkyl halides is 2. The van der Waals surface area contributed by atoms with Crippen LogP contribution in [-0.4, -0.2) is 12.2 Å². The lowest BCUT2D eigenvalue weighted by molar-refractivity contribution is -0.0505. The van der Waals surface area contributed by atoms with Gasteiger partial charge < -0.3 is 4.74 Å². The molecule has 0 heterocycles. The summed E-state index contributed by atoms with van der Waals surface area (Å²) in [4.78, 5) is 0. The number of ether oxygens (including phenoxy) is 1. The second-order valence-electron chi connectivity index (χ2n) is 4.25.